The van der Waals surface area contributed by atoms with Crippen molar-refractivity contribution in [1.82, 2.24) is 5.32 Å². The third-order valence-corrected chi connectivity index (χ3v) is 3.46. The highest BCUT2D eigenvalue weighted by Crippen LogP contribution is 2.06. The van der Waals surface area contributed by atoms with E-state index in [2.05, 4.69) is 36.5 Å². The number of hydrogen-bond acceptors (Lipinski definition) is 2. The minimum Gasteiger partial charge on any atom is -0.619 e. The number of aryl methyl sites for hydroxylation is 1. The van der Waals surface area contributed by atoms with Crippen molar-refractivity contribution in [2.24, 2.45) is 5.92 Å². The first kappa shape index (κ1) is 14.5. The maximum absolute atomic E-state index is 11.5. The Hall–Kier alpha value is -1.87. The molecule has 20 heavy (non-hydrogen) atoms. The van der Waals surface area contributed by atoms with Crippen molar-refractivity contribution in [3.63, 3.8) is 0 Å². The van der Waals surface area contributed by atoms with Crippen molar-refractivity contribution >= 4 is 0 Å². The molecule has 1 aromatic heterocycles. The first-order chi connectivity index (χ1) is 9.75. The van der Waals surface area contributed by atoms with E-state index in [4.69, 9.17) is 0 Å². The molecule has 0 amide bonds. The van der Waals surface area contributed by atoms with Gasteiger partial charge in [0.1, 0.15) is 0 Å². The standard InChI is InChI=1S/C17H22N2O/c1-15(10-11-17-9-5-6-12-19(17)20)13-18-14-16-7-3-2-4-8-16/h2-9,12,15,18H,10-11,13-14H2,1H3. The SMILES string of the molecule is CC(CCc1cccc[n+]1[O-])CNCc1ccccc1. The number of aromatic nitrogens is 1. The van der Waals surface area contributed by atoms with Crippen LogP contribution in [0, 0.1) is 11.1 Å². The molecule has 1 heterocycles. The van der Waals surface area contributed by atoms with Gasteiger partial charge in [0.2, 0.25) is 0 Å². The van der Waals surface area contributed by atoms with E-state index >= 15 is 0 Å². The van der Waals surface area contributed by atoms with Gasteiger partial charge >= 0.3 is 0 Å². The summed E-state index contributed by atoms with van der Waals surface area (Å²) in [5.74, 6) is 0.555. The smallest absolute Gasteiger partial charge is 0.192 e. The van der Waals surface area contributed by atoms with Crippen LogP contribution in [-0.2, 0) is 13.0 Å². The van der Waals surface area contributed by atoms with E-state index in [0.717, 1.165) is 36.4 Å². The largest absolute Gasteiger partial charge is 0.619 e. The quantitative estimate of drug-likeness (QED) is 0.620. The van der Waals surface area contributed by atoms with Crippen LogP contribution in [0.2, 0.25) is 0 Å². The minimum atomic E-state index is 0.555. The van der Waals surface area contributed by atoms with Crippen LogP contribution in [0.5, 0.6) is 0 Å². The number of hydrogen-bond donors (Lipinski definition) is 1. The minimum absolute atomic E-state index is 0.555. The van der Waals surface area contributed by atoms with Crippen LogP contribution in [0.3, 0.4) is 0 Å². The number of benzene rings is 1. The topological polar surface area (TPSA) is 39.0 Å². The lowest BCUT2D eigenvalue weighted by atomic mass is 10.0. The number of pyridine rings is 1. The molecule has 2 aromatic rings. The third kappa shape index (κ3) is 4.67. The van der Waals surface area contributed by atoms with E-state index in [1.165, 1.54) is 5.56 Å². The van der Waals surface area contributed by atoms with Crippen LogP contribution in [0.4, 0.5) is 0 Å². The maximum atomic E-state index is 11.5. The van der Waals surface area contributed by atoms with Gasteiger partial charge in [-0.2, -0.15) is 4.73 Å². The summed E-state index contributed by atoms with van der Waals surface area (Å²) in [4.78, 5) is 0. The Morgan fingerprint density at radius 2 is 1.85 bits per heavy atom. The molecule has 1 atom stereocenters. The van der Waals surface area contributed by atoms with Crippen molar-refractivity contribution in [3.8, 4) is 0 Å². The van der Waals surface area contributed by atoms with Crippen LogP contribution >= 0.6 is 0 Å². The third-order valence-electron chi connectivity index (χ3n) is 3.46. The number of nitrogens with zero attached hydrogens (tertiary/aromatic N) is 1. The van der Waals surface area contributed by atoms with Crippen LogP contribution < -0.4 is 10.0 Å². The number of rotatable bonds is 7. The second-order valence-electron chi connectivity index (χ2n) is 5.28. The van der Waals surface area contributed by atoms with Gasteiger partial charge in [-0.25, -0.2) is 0 Å². The summed E-state index contributed by atoms with van der Waals surface area (Å²) in [5.41, 5.74) is 2.16. The van der Waals surface area contributed by atoms with E-state index in [1.807, 2.05) is 18.2 Å². The van der Waals surface area contributed by atoms with Crippen LogP contribution in [0.1, 0.15) is 24.6 Å². The van der Waals surface area contributed by atoms with Gasteiger partial charge < -0.3 is 10.5 Å². The molecule has 1 aromatic carbocycles. The summed E-state index contributed by atoms with van der Waals surface area (Å²) in [6, 6.07) is 16.0. The first-order valence-corrected chi connectivity index (χ1v) is 7.17. The van der Waals surface area contributed by atoms with Gasteiger partial charge in [-0.05, 0) is 24.4 Å². The lowest BCUT2D eigenvalue weighted by molar-refractivity contribution is -0.614. The molecule has 3 nitrogen and oxygen atoms in total. The Morgan fingerprint density at radius 1 is 1.10 bits per heavy atom. The lowest BCUT2D eigenvalue weighted by Gasteiger charge is -2.12. The van der Waals surface area contributed by atoms with Gasteiger partial charge in [-0.15, -0.1) is 0 Å². The average molecular weight is 270 g/mol. The maximum Gasteiger partial charge on any atom is 0.192 e. The van der Waals surface area contributed by atoms with E-state index in [-0.39, 0.29) is 0 Å². The van der Waals surface area contributed by atoms with Gasteiger partial charge in [0.15, 0.2) is 11.9 Å². The van der Waals surface area contributed by atoms with Crippen molar-refractivity contribution in [2.45, 2.75) is 26.3 Å². The van der Waals surface area contributed by atoms with Gasteiger partial charge in [0.05, 0.1) is 0 Å². The lowest BCUT2D eigenvalue weighted by Crippen LogP contribution is -2.31. The molecule has 0 saturated carbocycles. The summed E-state index contributed by atoms with van der Waals surface area (Å²) in [6.45, 7) is 4.09. The second kappa shape index (κ2) is 7.65. The van der Waals surface area contributed by atoms with E-state index in [1.54, 1.807) is 12.3 Å². The van der Waals surface area contributed by atoms with E-state index in [9.17, 15) is 5.21 Å². The summed E-state index contributed by atoms with van der Waals surface area (Å²) >= 11 is 0. The number of nitrogens with one attached hydrogen (secondary N) is 1. The van der Waals surface area contributed by atoms with Gasteiger partial charge in [-0.3, -0.25) is 0 Å². The van der Waals surface area contributed by atoms with Gasteiger partial charge in [-0.1, -0.05) is 43.3 Å². The molecule has 106 valence electrons. The highest BCUT2D eigenvalue weighted by molar-refractivity contribution is 5.14. The molecule has 1 N–H and O–H groups in total. The average Bonchev–Trinajstić information content (AvgIpc) is 2.47. The summed E-state index contributed by atoms with van der Waals surface area (Å²) in [6.07, 6.45) is 3.42. The summed E-state index contributed by atoms with van der Waals surface area (Å²) in [7, 11) is 0. The fourth-order valence-electron chi connectivity index (χ4n) is 2.21. The summed E-state index contributed by atoms with van der Waals surface area (Å²) in [5, 5.41) is 15.0. The summed E-state index contributed by atoms with van der Waals surface area (Å²) < 4.78 is 0.962. The Bertz CT molecular complexity index is 513. The van der Waals surface area contributed by atoms with Crippen molar-refractivity contribution in [1.29, 1.82) is 0 Å². The first-order valence-electron chi connectivity index (χ1n) is 7.17. The predicted molar refractivity (Wildman–Crippen MR) is 81.0 cm³/mol. The highest BCUT2D eigenvalue weighted by atomic mass is 16.5. The second-order valence-corrected chi connectivity index (χ2v) is 5.28. The molecule has 0 aliphatic heterocycles. The molecule has 0 bridgehead atoms. The molecule has 0 radical (unpaired) electrons. The zero-order valence-electron chi connectivity index (χ0n) is 12.0. The molecule has 0 saturated heterocycles. The predicted octanol–water partition coefficient (Wildman–Crippen LogP) is 2.68. The Kier molecular flexibility index (Phi) is 5.56. The fourth-order valence-corrected chi connectivity index (χ4v) is 2.21. The fraction of sp³-hybridized carbons (Fsp3) is 0.353. The molecule has 0 aliphatic rings. The Balaban J connectivity index is 1.68. The van der Waals surface area contributed by atoms with E-state index < -0.39 is 0 Å². The van der Waals surface area contributed by atoms with Crippen LogP contribution in [-0.4, -0.2) is 6.54 Å². The molecule has 3 heteroatoms. The molecule has 2 rings (SSSR count). The molecule has 0 spiro atoms. The molecular formula is C17H22N2O. The van der Waals surface area contributed by atoms with Gasteiger partial charge in [0.25, 0.3) is 0 Å². The molecule has 0 fully saturated rings. The molecular weight excluding hydrogens is 248 g/mol. The van der Waals surface area contributed by atoms with Crippen molar-refractivity contribution < 1.29 is 4.73 Å². The molecule has 1 unspecified atom stereocenters. The Labute approximate surface area is 120 Å². The van der Waals surface area contributed by atoms with Crippen LogP contribution in [0.25, 0.3) is 0 Å². The van der Waals surface area contributed by atoms with Crippen molar-refractivity contribution in [2.75, 3.05) is 6.54 Å². The van der Waals surface area contributed by atoms with Gasteiger partial charge in [0, 0.05) is 25.1 Å². The normalized spacial score (nSPS) is 12.2. The monoisotopic (exact) mass is 270 g/mol. The zero-order valence-corrected chi connectivity index (χ0v) is 12.0. The molecule has 0 aliphatic carbocycles. The highest BCUT2D eigenvalue weighted by Gasteiger charge is 2.07. The van der Waals surface area contributed by atoms with Crippen molar-refractivity contribution in [3.05, 3.63) is 71.2 Å². The van der Waals surface area contributed by atoms with E-state index in [0.29, 0.717) is 5.92 Å². The zero-order chi connectivity index (χ0) is 14.2. The Morgan fingerprint density at radius 3 is 2.60 bits per heavy atom. The van der Waals surface area contributed by atoms with Crippen LogP contribution in [0.15, 0.2) is 54.7 Å².